The summed E-state index contributed by atoms with van der Waals surface area (Å²) in [5.41, 5.74) is 3.96. The molecule has 0 spiro atoms. The number of carbonyl (C=O) groups excluding carboxylic acids is 1. The highest BCUT2D eigenvalue weighted by atomic mass is 32.2. The Bertz CT molecular complexity index is 1520. The Labute approximate surface area is 242 Å². The van der Waals surface area contributed by atoms with E-state index in [9.17, 15) is 13.2 Å². The summed E-state index contributed by atoms with van der Waals surface area (Å²) in [7, 11) is -3.76. The Hall–Kier alpha value is -3.11. The van der Waals surface area contributed by atoms with Crippen LogP contribution in [-0.2, 0) is 19.0 Å². The van der Waals surface area contributed by atoms with E-state index in [0.29, 0.717) is 19.0 Å². The summed E-state index contributed by atoms with van der Waals surface area (Å²) in [5.74, 6) is 0.703. The monoisotopic (exact) mass is 580 g/mol. The molecule has 1 amide bonds. The van der Waals surface area contributed by atoms with Crippen LogP contribution >= 0.6 is 0 Å². The molecule has 1 aromatic heterocycles. The van der Waals surface area contributed by atoms with Crippen LogP contribution in [0.4, 0.5) is 10.5 Å². The molecule has 0 atom stereocenters. The highest BCUT2D eigenvalue weighted by molar-refractivity contribution is 7.86. The second-order valence-corrected chi connectivity index (χ2v) is 14.4. The number of amides is 1. The second-order valence-electron chi connectivity index (χ2n) is 12.8. The van der Waals surface area contributed by atoms with Gasteiger partial charge in [0.15, 0.2) is 0 Å². The minimum Gasteiger partial charge on any atom is -0.444 e. The van der Waals surface area contributed by atoms with E-state index >= 15 is 0 Å². The highest BCUT2D eigenvalue weighted by Crippen LogP contribution is 2.46. The van der Waals surface area contributed by atoms with Crippen molar-refractivity contribution in [2.75, 3.05) is 37.7 Å². The van der Waals surface area contributed by atoms with Gasteiger partial charge in [-0.2, -0.15) is 13.5 Å². The van der Waals surface area contributed by atoms with E-state index in [-0.39, 0.29) is 29.6 Å². The SMILES string of the molecule is Cc1ccc(S(=O)(=O)OCC2CC(n3nc(C4CC4)c4ccc(N5CCN(C(=O)OC(C)(C)C)CC5)cc43)C2)cc1. The van der Waals surface area contributed by atoms with E-state index in [1.807, 2.05) is 27.7 Å². The molecule has 6 rings (SSSR count). The number of carbonyl (C=O) groups is 1. The molecule has 41 heavy (non-hydrogen) atoms. The van der Waals surface area contributed by atoms with Crippen LogP contribution in [0.25, 0.3) is 10.9 Å². The number of ether oxygens (including phenoxy) is 1. The molecule has 0 bridgehead atoms. The molecule has 10 heteroatoms. The van der Waals surface area contributed by atoms with Gasteiger partial charge in [-0.25, -0.2) is 4.79 Å². The predicted octanol–water partition coefficient (Wildman–Crippen LogP) is 5.64. The van der Waals surface area contributed by atoms with Gasteiger partial charge in [0.2, 0.25) is 0 Å². The minimum atomic E-state index is -3.76. The Morgan fingerprint density at radius 3 is 2.32 bits per heavy atom. The molecular weight excluding hydrogens is 540 g/mol. The second kappa shape index (κ2) is 10.6. The Kier molecular flexibility index (Phi) is 7.26. The number of nitrogens with zero attached hydrogens (tertiary/aromatic N) is 4. The third-order valence-corrected chi connectivity index (χ3v) is 9.60. The molecule has 0 N–H and O–H groups in total. The van der Waals surface area contributed by atoms with Gasteiger partial charge in [0.05, 0.1) is 28.8 Å². The molecule has 2 aromatic carbocycles. The van der Waals surface area contributed by atoms with E-state index < -0.39 is 15.7 Å². The van der Waals surface area contributed by atoms with E-state index in [1.165, 1.54) is 23.9 Å². The van der Waals surface area contributed by atoms with Crippen molar-refractivity contribution in [1.82, 2.24) is 14.7 Å². The van der Waals surface area contributed by atoms with Gasteiger partial charge < -0.3 is 14.5 Å². The average Bonchev–Trinajstić information content (AvgIpc) is 3.68. The molecule has 3 aliphatic rings. The average molecular weight is 581 g/mol. The molecule has 9 nitrogen and oxygen atoms in total. The highest BCUT2D eigenvalue weighted by Gasteiger charge is 2.36. The Balaban J connectivity index is 1.12. The summed E-state index contributed by atoms with van der Waals surface area (Å²) in [6, 6.07) is 13.6. The lowest BCUT2D eigenvalue weighted by Gasteiger charge is -2.37. The number of benzene rings is 2. The summed E-state index contributed by atoms with van der Waals surface area (Å²) in [4.78, 5) is 16.8. The van der Waals surface area contributed by atoms with Crippen LogP contribution in [0, 0.1) is 12.8 Å². The van der Waals surface area contributed by atoms with Crippen molar-refractivity contribution >= 4 is 32.8 Å². The fourth-order valence-corrected chi connectivity index (χ4v) is 6.73. The molecule has 0 unspecified atom stereocenters. The molecule has 2 heterocycles. The van der Waals surface area contributed by atoms with Crippen LogP contribution in [0.5, 0.6) is 0 Å². The first-order valence-corrected chi connectivity index (χ1v) is 16.1. The smallest absolute Gasteiger partial charge is 0.410 e. The molecular formula is C31H40N4O5S. The number of anilines is 1. The quantitative estimate of drug-likeness (QED) is 0.334. The van der Waals surface area contributed by atoms with Gasteiger partial charge in [-0.1, -0.05) is 17.7 Å². The summed E-state index contributed by atoms with van der Waals surface area (Å²) in [5, 5.41) is 6.31. The molecule has 3 fully saturated rings. The fourth-order valence-electron chi connectivity index (χ4n) is 5.75. The lowest BCUT2D eigenvalue weighted by atomic mass is 9.81. The normalized spacial score (nSPS) is 21.7. The van der Waals surface area contributed by atoms with Crippen molar-refractivity contribution in [2.24, 2.45) is 5.92 Å². The van der Waals surface area contributed by atoms with Gasteiger partial charge in [0, 0.05) is 43.2 Å². The van der Waals surface area contributed by atoms with E-state index in [2.05, 4.69) is 27.8 Å². The van der Waals surface area contributed by atoms with Crippen molar-refractivity contribution in [3.63, 3.8) is 0 Å². The summed E-state index contributed by atoms with van der Waals surface area (Å²) in [6.07, 6.45) is 3.78. The first-order chi connectivity index (χ1) is 19.5. The molecule has 1 aliphatic heterocycles. The van der Waals surface area contributed by atoms with Crippen molar-refractivity contribution in [3.8, 4) is 0 Å². The lowest BCUT2D eigenvalue weighted by molar-refractivity contribution is 0.0240. The summed E-state index contributed by atoms with van der Waals surface area (Å²) >= 11 is 0. The van der Waals surface area contributed by atoms with Crippen molar-refractivity contribution in [2.45, 2.75) is 75.8 Å². The van der Waals surface area contributed by atoms with Crippen LogP contribution in [0.3, 0.4) is 0 Å². The third kappa shape index (κ3) is 6.09. The van der Waals surface area contributed by atoms with Gasteiger partial charge in [0.1, 0.15) is 5.60 Å². The number of piperazine rings is 1. The maximum Gasteiger partial charge on any atom is 0.410 e. The van der Waals surface area contributed by atoms with E-state index in [0.717, 1.165) is 42.7 Å². The van der Waals surface area contributed by atoms with Gasteiger partial charge >= 0.3 is 6.09 Å². The first-order valence-electron chi connectivity index (χ1n) is 14.7. The predicted molar refractivity (Wildman–Crippen MR) is 158 cm³/mol. The van der Waals surface area contributed by atoms with Crippen molar-refractivity contribution in [1.29, 1.82) is 0 Å². The van der Waals surface area contributed by atoms with Gasteiger partial charge in [-0.05, 0) is 89.6 Å². The van der Waals surface area contributed by atoms with Crippen LogP contribution in [-0.4, -0.2) is 67.6 Å². The number of aromatic nitrogens is 2. The van der Waals surface area contributed by atoms with Crippen LogP contribution < -0.4 is 4.90 Å². The standard InChI is InChI=1S/C31H40N4O5S/c1-21-5-10-26(11-6-21)41(37,38)39-20-22-17-25(18-22)35-28-19-24(9-12-27(28)29(32-35)23-7-8-23)33-13-15-34(16-14-33)30(36)40-31(2,3)4/h5-6,9-12,19,22-23,25H,7-8,13-18,20H2,1-4H3. The summed E-state index contributed by atoms with van der Waals surface area (Å²) < 4.78 is 38.4. The fraction of sp³-hybridized carbons (Fsp3) is 0.548. The Morgan fingerprint density at radius 1 is 1.00 bits per heavy atom. The van der Waals surface area contributed by atoms with E-state index in [1.54, 1.807) is 29.2 Å². The molecule has 3 aromatic rings. The van der Waals surface area contributed by atoms with E-state index in [4.69, 9.17) is 14.0 Å². The van der Waals surface area contributed by atoms with Gasteiger partial charge in [0.25, 0.3) is 10.1 Å². The maximum atomic E-state index is 12.6. The van der Waals surface area contributed by atoms with Crippen molar-refractivity contribution < 1.29 is 22.1 Å². The Morgan fingerprint density at radius 2 is 1.68 bits per heavy atom. The number of fused-ring (bicyclic) bond motifs is 1. The molecule has 1 saturated heterocycles. The zero-order valence-electron chi connectivity index (χ0n) is 24.4. The first kappa shape index (κ1) is 28.0. The van der Waals surface area contributed by atoms with Gasteiger partial charge in [-0.3, -0.25) is 8.86 Å². The largest absolute Gasteiger partial charge is 0.444 e. The number of aryl methyl sites for hydroxylation is 1. The topological polar surface area (TPSA) is 94.0 Å². The van der Waals surface area contributed by atoms with Crippen molar-refractivity contribution in [3.05, 3.63) is 53.7 Å². The zero-order chi connectivity index (χ0) is 28.9. The molecule has 0 radical (unpaired) electrons. The number of hydrogen-bond acceptors (Lipinski definition) is 7. The molecule has 220 valence electrons. The molecule has 2 aliphatic carbocycles. The number of rotatable bonds is 7. The van der Waals surface area contributed by atoms with Crippen LogP contribution in [0.15, 0.2) is 47.4 Å². The maximum absolute atomic E-state index is 12.6. The number of hydrogen-bond donors (Lipinski definition) is 0. The zero-order valence-corrected chi connectivity index (χ0v) is 25.2. The van der Waals surface area contributed by atoms with Crippen LogP contribution in [0.1, 0.15) is 69.7 Å². The third-order valence-electron chi connectivity index (χ3n) is 8.31. The minimum absolute atomic E-state index is 0.174. The molecule has 2 saturated carbocycles. The summed E-state index contributed by atoms with van der Waals surface area (Å²) in [6.45, 7) is 10.5. The lowest BCUT2D eigenvalue weighted by Crippen LogP contribution is -2.50. The van der Waals surface area contributed by atoms with Gasteiger partial charge in [-0.15, -0.1) is 0 Å². The van der Waals surface area contributed by atoms with Crippen LogP contribution in [0.2, 0.25) is 0 Å².